The maximum atomic E-state index is 13.0. The fourth-order valence-corrected chi connectivity index (χ4v) is 1.57. The van der Waals surface area contributed by atoms with E-state index in [1.165, 1.54) is 12.1 Å². The molecule has 0 amide bonds. The van der Waals surface area contributed by atoms with Gasteiger partial charge in [0.2, 0.25) is 0 Å². The van der Waals surface area contributed by atoms with Gasteiger partial charge in [0.15, 0.2) is 21.9 Å². The molecule has 0 spiro atoms. The molecule has 0 saturated carbocycles. The fourth-order valence-electron chi connectivity index (χ4n) is 1.22. The van der Waals surface area contributed by atoms with E-state index in [1.54, 1.807) is 0 Å². The van der Waals surface area contributed by atoms with Crippen LogP contribution in [-0.2, 0) is 0 Å². The standard InChI is InChI=1S/C10H4Cl2F2N2/c11-9-4-6(10(12)16-15-9)5-1-2-7(13)8(14)3-5/h1-4H. The Kier molecular flexibility index (Phi) is 3.03. The Morgan fingerprint density at radius 1 is 0.938 bits per heavy atom. The van der Waals surface area contributed by atoms with E-state index >= 15 is 0 Å². The number of nitrogens with zero attached hydrogens (tertiary/aromatic N) is 2. The normalized spacial score (nSPS) is 10.5. The van der Waals surface area contributed by atoms with Crippen molar-refractivity contribution in [3.05, 3.63) is 46.2 Å². The second-order valence-electron chi connectivity index (χ2n) is 3.00. The van der Waals surface area contributed by atoms with Crippen LogP contribution in [-0.4, -0.2) is 10.2 Å². The zero-order valence-electron chi connectivity index (χ0n) is 7.72. The van der Waals surface area contributed by atoms with E-state index in [9.17, 15) is 8.78 Å². The summed E-state index contributed by atoms with van der Waals surface area (Å²) in [6.45, 7) is 0. The Balaban J connectivity index is 2.58. The third kappa shape index (κ3) is 2.13. The quantitative estimate of drug-likeness (QED) is 0.781. The molecule has 0 bridgehead atoms. The van der Waals surface area contributed by atoms with E-state index in [-0.39, 0.29) is 10.3 Å². The number of aromatic nitrogens is 2. The molecule has 0 N–H and O–H groups in total. The number of halogens is 4. The van der Waals surface area contributed by atoms with Gasteiger partial charge in [0.1, 0.15) is 0 Å². The summed E-state index contributed by atoms with van der Waals surface area (Å²) in [6.07, 6.45) is 0. The maximum absolute atomic E-state index is 13.0. The van der Waals surface area contributed by atoms with Crippen LogP contribution >= 0.6 is 23.2 Å². The first-order chi connectivity index (χ1) is 7.58. The molecular formula is C10H4Cl2F2N2. The average Bonchev–Trinajstić information content (AvgIpc) is 2.26. The molecule has 2 aromatic rings. The van der Waals surface area contributed by atoms with Gasteiger partial charge in [0.25, 0.3) is 0 Å². The summed E-state index contributed by atoms with van der Waals surface area (Å²) in [5, 5.41) is 7.30. The molecule has 0 aliphatic carbocycles. The van der Waals surface area contributed by atoms with Crippen molar-refractivity contribution in [3.63, 3.8) is 0 Å². The Morgan fingerprint density at radius 2 is 1.69 bits per heavy atom. The average molecular weight is 261 g/mol. The first-order valence-corrected chi connectivity index (χ1v) is 4.97. The van der Waals surface area contributed by atoms with Crippen molar-refractivity contribution in [1.82, 2.24) is 10.2 Å². The molecule has 0 fully saturated rings. The van der Waals surface area contributed by atoms with Crippen molar-refractivity contribution in [2.24, 2.45) is 0 Å². The van der Waals surface area contributed by atoms with E-state index in [1.807, 2.05) is 0 Å². The van der Waals surface area contributed by atoms with Crippen molar-refractivity contribution in [2.75, 3.05) is 0 Å². The fraction of sp³-hybridized carbons (Fsp3) is 0. The second-order valence-corrected chi connectivity index (χ2v) is 3.75. The highest BCUT2D eigenvalue weighted by atomic mass is 35.5. The summed E-state index contributed by atoms with van der Waals surface area (Å²) >= 11 is 11.4. The van der Waals surface area contributed by atoms with Gasteiger partial charge in [0, 0.05) is 5.56 Å². The largest absolute Gasteiger partial charge is 0.204 e. The SMILES string of the molecule is Fc1ccc(-c2cc(Cl)nnc2Cl)cc1F. The lowest BCUT2D eigenvalue weighted by molar-refractivity contribution is 0.509. The molecule has 0 aliphatic heterocycles. The van der Waals surface area contributed by atoms with Crippen molar-refractivity contribution in [1.29, 1.82) is 0 Å². The summed E-state index contributed by atoms with van der Waals surface area (Å²) in [5.41, 5.74) is 0.793. The monoisotopic (exact) mass is 260 g/mol. The molecule has 2 nitrogen and oxygen atoms in total. The first kappa shape index (κ1) is 11.2. The third-order valence-corrected chi connectivity index (χ3v) is 2.41. The second kappa shape index (κ2) is 4.31. The molecule has 0 saturated heterocycles. The predicted octanol–water partition coefficient (Wildman–Crippen LogP) is 3.73. The van der Waals surface area contributed by atoms with Crippen LogP contribution in [0.1, 0.15) is 0 Å². The summed E-state index contributed by atoms with van der Waals surface area (Å²) < 4.78 is 25.7. The van der Waals surface area contributed by atoms with Crippen LogP contribution in [0.15, 0.2) is 24.3 Å². The Labute approximate surface area is 99.8 Å². The van der Waals surface area contributed by atoms with Crippen LogP contribution in [0.3, 0.4) is 0 Å². The molecule has 0 aliphatic rings. The zero-order chi connectivity index (χ0) is 11.7. The van der Waals surface area contributed by atoms with E-state index in [0.717, 1.165) is 12.1 Å². The van der Waals surface area contributed by atoms with E-state index < -0.39 is 11.6 Å². The molecule has 6 heteroatoms. The van der Waals surface area contributed by atoms with Crippen LogP contribution < -0.4 is 0 Å². The van der Waals surface area contributed by atoms with Crippen LogP contribution in [0.4, 0.5) is 8.78 Å². The summed E-state index contributed by atoms with van der Waals surface area (Å²) in [4.78, 5) is 0. The topological polar surface area (TPSA) is 25.8 Å². The van der Waals surface area contributed by atoms with E-state index in [4.69, 9.17) is 23.2 Å². The number of hydrogen-bond donors (Lipinski definition) is 0. The molecule has 0 atom stereocenters. The minimum atomic E-state index is -0.957. The van der Waals surface area contributed by atoms with Gasteiger partial charge in [-0.3, -0.25) is 0 Å². The number of hydrogen-bond acceptors (Lipinski definition) is 2. The number of rotatable bonds is 1. The van der Waals surface area contributed by atoms with Crippen LogP contribution in [0.5, 0.6) is 0 Å². The Bertz CT molecular complexity index is 546. The van der Waals surface area contributed by atoms with Gasteiger partial charge in [-0.05, 0) is 23.8 Å². The summed E-state index contributed by atoms with van der Waals surface area (Å²) in [5.74, 6) is -1.88. The van der Waals surface area contributed by atoms with E-state index in [2.05, 4.69) is 10.2 Å². The molecule has 0 radical (unpaired) electrons. The lowest BCUT2D eigenvalue weighted by Gasteiger charge is -2.03. The third-order valence-electron chi connectivity index (χ3n) is 1.95. The molecular weight excluding hydrogens is 257 g/mol. The predicted molar refractivity (Wildman–Crippen MR) is 57.4 cm³/mol. The minimum absolute atomic E-state index is 0.0791. The smallest absolute Gasteiger partial charge is 0.159 e. The highest BCUT2D eigenvalue weighted by Gasteiger charge is 2.09. The Hall–Kier alpha value is -1.26. The van der Waals surface area contributed by atoms with Gasteiger partial charge in [0.05, 0.1) is 0 Å². The zero-order valence-corrected chi connectivity index (χ0v) is 9.23. The molecule has 0 unspecified atom stereocenters. The molecule has 2 rings (SSSR count). The summed E-state index contributed by atoms with van der Waals surface area (Å²) in [7, 11) is 0. The molecule has 16 heavy (non-hydrogen) atoms. The molecule has 1 aromatic heterocycles. The van der Waals surface area contributed by atoms with Crippen molar-refractivity contribution >= 4 is 23.2 Å². The summed E-state index contributed by atoms with van der Waals surface area (Å²) in [6, 6.07) is 4.85. The van der Waals surface area contributed by atoms with Gasteiger partial charge >= 0.3 is 0 Å². The number of benzene rings is 1. The van der Waals surface area contributed by atoms with Crippen LogP contribution in [0, 0.1) is 11.6 Å². The molecule has 1 aromatic carbocycles. The highest BCUT2D eigenvalue weighted by Crippen LogP contribution is 2.28. The molecule has 82 valence electrons. The lowest BCUT2D eigenvalue weighted by atomic mass is 10.1. The highest BCUT2D eigenvalue weighted by molar-refractivity contribution is 6.33. The lowest BCUT2D eigenvalue weighted by Crippen LogP contribution is -1.90. The Morgan fingerprint density at radius 3 is 2.38 bits per heavy atom. The van der Waals surface area contributed by atoms with Gasteiger partial charge < -0.3 is 0 Å². The molecule has 1 heterocycles. The van der Waals surface area contributed by atoms with Crippen molar-refractivity contribution < 1.29 is 8.78 Å². The van der Waals surface area contributed by atoms with Crippen LogP contribution in [0.25, 0.3) is 11.1 Å². The van der Waals surface area contributed by atoms with Gasteiger partial charge in [-0.1, -0.05) is 29.3 Å². The van der Waals surface area contributed by atoms with Gasteiger partial charge in [-0.2, -0.15) is 0 Å². The van der Waals surface area contributed by atoms with Gasteiger partial charge in [-0.15, -0.1) is 10.2 Å². The van der Waals surface area contributed by atoms with Crippen LogP contribution in [0.2, 0.25) is 10.3 Å². The van der Waals surface area contributed by atoms with Gasteiger partial charge in [-0.25, -0.2) is 8.78 Å². The minimum Gasteiger partial charge on any atom is -0.204 e. The van der Waals surface area contributed by atoms with E-state index in [0.29, 0.717) is 11.1 Å². The van der Waals surface area contributed by atoms with Crippen molar-refractivity contribution in [3.8, 4) is 11.1 Å². The maximum Gasteiger partial charge on any atom is 0.159 e. The first-order valence-electron chi connectivity index (χ1n) is 4.22. The van der Waals surface area contributed by atoms with Crippen molar-refractivity contribution in [2.45, 2.75) is 0 Å².